The van der Waals surface area contributed by atoms with Crippen LogP contribution in [0.4, 0.5) is 5.69 Å². The van der Waals surface area contributed by atoms with E-state index in [2.05, 4.69) is 15.9 Å². The first-order valence-corrected chi connectivity index (χ1v) is 8.47. The van der Waals surface area contributed by atoms with E-state index < -0.39 is 17.9 Å². The second kappa shape index (κ2) is 5.63. The van der Waals surface area contributed by atoms with Crippen molar-refractivity contribution in [1.29, 1.82) is 0 Å². The molecule has 2 unspecified atom stereocenters. The molecule has 0 aliphatic carbocycles. The molecule has 1 N–H and O–H groups in total. The summed E-state index contributed by atoms with van der Waals surface area (Å²) >= 11 is 3.49. The quantitative estimate of drug-likeness (QED) is 0.798. The maximum Gasteiger partial charge on any atom is 0.308 e. The molecule has 1 fully saturated rings. The van der Waals surface area contributed by atoms with Gasteiger partial charge in [0.25, 0.3) is 0 Å². The fraction of sp³-hybridized carbons (Fsp3) is 0.222. The summed E-state index contributed by atoms with van der Waals surface area (Å²) in [5.41, 5.74) is 1.32. The summed E-state index contributed by atoms with van der Waals surface area (Å²) in [6, 6.07) is 12.2. The minimum atomic E-state index is -0.900. The van der Waals surface area contributed by atoms with Crippen molar-refractivity contribution in [2.75, 3.05) is 4.90 Å². The number of piperidine rings is 1. The topological polar surface area (TPSA) is 66.8 Å². The van der Waals surface area contributed by atoms with E-state index in [4.69, 9.17) is 4.74 Å². The van der Waals surface area contributed by atoms with E-state index in [9.17, 15) is 14.7 Å². The molecule has 2 aliphatic heterocycles. The van der Waals surface area contributed by atoms with E-state index in [1.165, 1.54) is 0 Å². The summed E-state index contributed by atoms with van der Waals surface area (Å²) < 4.78 is 6.74. The Kier molecular flexibility index (Phi) is 3.57. The van der Waals surface area contributed by atoms with Gasteiger partial charge in [-0.3, -0.25) is 14.5 Å². The van der Waals surface area contributed by atoms with Crippen molar-refractivity contribution in [1.82, 2.24) is 0 Å². The normalized spacial score (nSPS) is 21.9. The summed E-state index contributed by atoms with van der Waals surface area (Å²) in [7, 11) is 0. The lowest BCUT2D eigenvalue weighted by Crippen LogP contribution is -2.45. The Hall–Kier alpha value is -2.34. The Labute approximate surface area is 147 Å². The predicted molar refractivity (Wildman–Crippen MR) is 91.2 cm³/mol. The van der Waals surface area contributed by atoms with Crippen molar-refractivity contribution in [3.8, 4) is 11.5 Å². The number of fused-ring (bicyclic) bond motifs is 5. The van der Waals surface area contributed by atoms with E-state index in [0.29, 0.717) is 28.1 Å². The third kappa shape index (κ3) is 2.21. The van der Waals surface area contributed by atoms with Crippen LogP contribution >= 0.6 is 15.9 Å². The van der Waals surface area contributed by atoms with Crippen LogP contribution in [0.2, 0.25) is 0 Å². The number of carboxylic acid groups (broad SMARTS) is 1. The lowest BCUT2D eigenvalue weighted by Gasteiger charge is -2.39. The monoisotopic (exact) mass is 387 g/mol. The molecule has 0 spiro atoms. The lowest BCUT2D eigenvalue weighted by molar-refractivity contribution is -0.144. The van der Waals surface area contributed by atoms with Gasteiger partial charge in [-0.05, 0) is 40.5 Å². The van der Waals surface area contributed by atoms with Crippen molar-refractivity contribution < 1.29 is 19.4 Å². The molecule has 0 saturated carbocycles. The summed E-state index contributed by atoms with van der Waals surface area (Å²) in [4.78, 5) is 26.2. The number of ether oxygens (including phenoxy) is 1. The zero-order valence-electron chi connectivity index (χ0n) is 12.6. The fourth-order valence-electron chi connectivity index (χ4n) is 3.52. The van der Waals surface area contributed by atoms with Gasteiger partial charge in [-0.2, -0.15) is 0 Å². The second-order valence-corrected chi connectivity index (χ2v) is 6.77. The largest absolute Gasteiger partial charge is 0.481 e. The summed E-state index contributed by atoms with van der Waals surface area (Å²) in [5.74, 6) is -0.539. The highest BCUT2D eigenvalue weighted by molar-refractivity contribution is 9.10. The minimum Gasteiger partial charge on any atom is -0.481 e. The van der Waals surface area contributed by atoms with Crippen LogP contribution in [0.25, 0.3) is 0 Å². The van der Waals surface area contributed by atoms with Crippen molar-refractivity contribution in [2.45, 2.75) is 18.9 Å². The number of amides is 1. The first kappa shape index (κ1) is 15.2. The number of rotatable bonds is 1. The maximum absolute atomic E-state index is 12.7. The van der Waals surface area contributed by atoms with Gasteiger partial charge in [0.05, 0.1) is 12.0 Å². The molecule has 4 rings (SSSR count). The molecule has 2 atom stereocenters. The van der Waals surface area contributed by atoms with Gasteiger partial charge in [0.2, 0.25) is 5.91 Å². The number of para-hydroxylation sites is 2. The molecule has 2 aliphatic rings. The van der Waals surface area contributed by atoms with Gasteiger partial charge in [0.15, 0.2) is 5.75 Å². The number of carbonyl (C=O) groups excluding carboxylic acids is 1. The predicted octanol–water partition coefficient (Wildman–Crippen LogP) is 4.12. The highest BCUT2D eigenvalue weighted by atomic mass is 79.9. The van der Waals surface area contributed by atoms with Crippen LogP contribution in [-0.2, 0) is 9.59 Å². The molecule has 2 aromatic carbocycles. The van der Waals surface area contributed by atoms with Crippen molar-refractivity contribution >= 4 is 33.5 Å². The molecular formula is C18H14BrNO4. The number of halogens is 1. The van der Waals surface area contributed by atoms with Crippen molar-refractivity contribution in [2.24, 2.45) is 5.92 Å². The van der Waals surface area contributed by atoms with Crippen LogP contribution in [0.15, 0.2) is 46.9 Å². The van der Waals surface area contributed by atoms with E-state index in [1.807, 2.05) is 36.4 Å². The third-order valence-electron chi connectivity index (χ3n) is 4.56. The van der Waals surface area contributed by atoms with Crippen molar-refractivity contribution in [3.05, 3.63) is 52.5 Å². The molecular weight excluding hydrogens is 374 g/mol. The molecule has 6 heteroatoms. The van der Waals surface area contributed by atoms with Crippen LogP contribution in [0, 0.1) is 5.92 Å². The number of benzene rings is 2. The lowest BCUT2D eigenvalue weighted by atomic mass is 9.83. The number of carbonyl (C=O) groups is 2. The van der Waals surface area contributed by atoms with Gasteiger partial charge in [0, 0.05) is 16.5 Å². The zero-order chi connectivity index (χ0) is 16.8. The minimum absolute atomic E-state index is 0.0917. The Morgan fingerprint density at radius 1 is 1.17 bits per heavy atom. The third-order valence-corrected chi connectivity index (χ3v) is 5.20. The Morgan fingerprint density at radius 3 is 2.71 bits per heavy atom. The van der Waals surface area contributed by atoms with Gasteiger partial charge in [-0.15, -0.1) is 0 Å². The summed E-state index contributed by atoms with van der Waals surface area (Å²) in [5, 5.41) is 9.71. The van der Waals surface area contributed by atoms with Crippen LogP contribution in [0.3, 0.4) is 0 Å². The molecule has 0 radical (unpaired) electrons. The SMILES string of the molecule is O=C(O)C1CCC(=O)N2c3c(Br)cccc3Oc3ccccc3C12. The molecule has 1 saturated heterocycles. The van der Waals surface area contributed by atoms with E-state index in [0.717, 1.165) is 5.56 Å². The van der Waals surface area contributed by atoms with Gasteiger partial charge >= 0.3 is 5.97 Å². The van der Waals surface area contributed by atoms with E-state index >= 15 is 0 Å². The van der Waals surface area contributed by atoms with Gasteiger partial charge in [-0.1, -0.05) is 24.3 Å². The standard InChI is InChI=1S/C18H14BrNO4/c19-12-5-3-7-14-17(12)20-15(21)9-8-11(18(22)23)16(20)10-4-1-2-6-13(10)24-14/h1-7,11,16H,8-9H2,(H,22,23). The highest BCUT2D eigenvalue weighted by Gasteiger charge is 2.45. The van der Waals surface area contributed by atoms with Crippen LogP contribution in [-0.4, -0.2) is 17.0 Å². The smallest absolute Gasteiger partial charge is 0.308 e. The molecule has 24 heavy (non-hydrogen) atoms. The van der Waals surface area contributed by atoms with Crippen LogP contribution < -0.4 is 9.64 Å². The molecule has 2 aromatic rings. The summed E-state index contributed by atoms with van der Waals surface area (Å²) in [6.45, 7) is 0. The van der Waals surface area contributed by atoms with Crippen LogP contribution in [0.1, 0.15) is 24.4 Å². The van der Waals surface area contributed by atoms with Gasteiger partial charge in [-0.25, -0.2) is 0 Å². The number of hydrogen-bond acceptors (Lipinski definition) is 3. The molecule has 0 aromatic heterocycles. The number of nitrogens with zero attached hydrogens (tertiary/aromatic N) is 1. The zero-order valence-corrected chi connectivity index (χ0v) is 14.2. The number of aliphatic carboxylic acids is 1. The van der Waals surface area contributed by atoms with Crippen molar-refractivity contribution in [3.63, 3.8) is 0 Å². The van der Waals surface area contributed by atoms with Crippen LogP contribution in [0.5, 0.6) is 11.5 Å². The molecule has 122 valence electrons. The number of carboxylic acids is 1. The molecule has 2 heterocycles. The number of anilines is 1. The number of hydrogen-bond donors (Lipinski definition) is 1. The first-order valence-electron chi connectivity index (χ1n) is 7.68. The Balaban J connectivity index is 2.02. The van der Waals surface area contributed by atoms with E-state index in [-0.39, 0.29) is 12.3 Å². The molecule has 0 bridgehead atoms. The second-order valence-electron chi connectivity index (χ2n) is 5.92. The van der Waals surface area contributed by atoms with Gasteiger partial charge in [0.1, 0.15) is 11.4 Å². The average Bonchev–Trinajstić information content (AvgIpc) is 2.71. The highest BCUT2D eigenvalue weighted by Crippen LogP contribution is 2.51. The Bertz CT molecular complexity index is 851. The first-order chi connectivity index (χ1) is 11.6. The summed E-state index contributed by atoms with van der Waals surface area (Å²) in [6.07, 6.45) is 0.528. The molecule has 1 amide bonds. The fourth-order valence-corrected chi connectivity index (χ4v) is 4.06. The molecule has 5 nitrogen and oxygen atoms in total. The van der Waals surface area contributed by atoms with Gasteiger partial charge < -0.3 is 9.84 Å². The maximum atomic E-state index is 12.7. The van der Waals surface area contributed by atoms with E-state index in [1.54, 1.807) is 11.0 Å². The Morgan fingerprint density at radius 2 is 1.92 bits per heavy atom. The average molecular weight is 388 g/mol.